The summed E-state index contributed by atoms with van der Waals surface area (Å²) < 4.78 is 10.1. The summed E-state index contributed by atoms with van der Waals surface area (Å²) in [5.74, 6) is 0. The van der Waals surface area contributed by atoms with Crippen molar-refractivity contribution >= 4 is 11.7 Å². The monoisotopic (exact) mass is 288 g/mol. The van der Waals surface area contributed by atoms with E-state index < -0.39 is 0 Å². The van der Waals surface area contributed by atoms with Gasteiger partial charge in [-0.3, -0.25) is 0 Å². The van der Waals surface area contributed by atoms with Gasteiger partial charge in [0.15, 0.2) is 0 Å². The maximum atomic E-state index is 12.4. The molecule has 0 aliphatic carbocycles. The Morgan fingerprint density at radius 1 is 1.33 bits per heavy atom. The Bertz CT molecular complexity index is 567. The van der Waals surface area contributed by atoms with Gasteiger partial charge in [-0.25, -0.2) is 4.79 Å². The highest BCUT2D eigenvalue weighted by Gasteiger charge is 2.15. The van der Waals surface area contributed by atoms with Gasteiger partial charge in [-0.15, -0.1) is 0 Å². The highest BCUT2D eigenvalue weighted by atomic mass is 16.5. The molecule has 1 aromatic heterocycles. The van der Waals surface area contributed by atoms with Crippen molar-refractivity contribution in [3.05, 3.63) is 54.0 Å². The van der Waals surface area contributed by atoms with Crippen LogP contribution in [-0.2, 0) is 11.3 Å². The van der Waals surface area contributed by atoms with Crippen LogP contribution >= 0.6 is 0 Å². The lowest BCUT2D eigenvalue weighted by molar-refractivity contribution is 0.152. The molecule has 0 saturated heterocycles. The highest BCUT2D eigenvalue weighted by molar-refractivity contribution is 5.90. The molecule has 5 nitrogen and oxygen atoms in total. The van der Waals surface area contributed by atoms with E-state index in [9.17, 15) is 4.79 Å². The first-order chi connectivity index (χ1) is 10.2. The van der Waals surface area contributed by atoms with Crippen LogP contribution in [0.2, 0.25) is 0 Å². The number of anilines is 1. The summed E-state index contributed by atoms with van der Waals surface area (Å²) in [6.45, 7) is 3.45. The van der Waals surface area contributed by atoms with Gasteiger partial charge in [0.1, 0.15) is 0 Å². The average Bonchev–Trinajstić information content (AvgIpc) is 2.98. The number of furan rings is 1. The lowest BCUT2D eigenvalue weighted by atomic mass is 10.2. The van der Waals surface area contributed by atoms with Crippen molar-refractivity contribution < 1.29 is 13.9 Å². The number of ether oxygens (including phenoxy) is 1. The Hall–Kier alpha value is -2.27. The summed E-state index contributed by atoms with van der Waals surface area (Å²) in [5.41, 5.74) is 2.80. The second-order valence-corrected chi connectivity index (χ2v) is 4.79. The second-order valence-electron chi connectivity index (χ2n) is 4.79. The van der Waals surface area contributed by atoms with E-state index in [0.717, 1.165) is 16.8 Å². The van der Waals surface area contributed by atoms with Gasteiger partial charge in [0, 0.05) is 24.9 Å². The van der Waals surface area contributed by atoms with Crippen LogP contribution in [0.1, 0.15) is 11.1 Å². The summed E-state index contributed by atoms with van der Waals surface area (Å²) in [6.07, 6.45) is 3.24. The number of para-hydroxylation sites is 1. The summed E-state index contributed by atoms with van der Waals surface area (Å²) in [7, 11) is 1.62. The molecule has 0 saturated carbocycles. The third-order valence-corrected chi connectivity index (χ3v) is 3.19. The van der Waals surface area contributed by atoms with E-state index in [4.69, 9.17) is 9.15 Å². The van der Waals surface area contributed by atoms with E-state index in [1.54, 1.807) is 24.5 Å². The van der Waals surface area contributed by atoms with Crippen LogP contribution in [0.25, 0.3) is 0 Å². The minimum absolute atomic E-state index is 0.150. The number of hydrogen-bond acceptors (Lipinski definition) is 3. The number of carbonyl (C=O) groups excluding carboxylic acids is 1. The Labute approximate surface area is 124 Å². The summed E-state index contributed by atoms with van der Waals surface area (Å²) in [6, 6.07) is 9.39. The SMILES string of the molecule is COCCN(Cc1ccoc1)C(=O)Nc1ccccc1C. The van der Waals surface area contributed by atoms with Gasteiger partial charge < -0.3 is 19.4 Å². The lowest BCUT2D eigenvalue weighted by Crippen LogP contribution is -2.36. The van der Waals surface area contributed by atoms with Crippen molar-refractivity contribution in [2.45, 2.75) is 13.5 Å². The van der Waals surface area contributed by atoms with Crippen LogP contribution in [0, 0.1) is 6.92 Å². The molecule has 1 heterocycles. The van der Waals surface area contributed by atoms with Crippen molar-refractivity contribution in [3.8, 4) is 0 Å². The van der Waals surface area contributed by atoms with Crippen LogP contribution in [0.4, 0.5) is 10.5 Å². The first-order valence-corrected chi connectivity index (χ1v) is 6.82. The Kier molecular flexibility index (Phi) is 5.40. The molecule has 0 spiro atoms. The van der Waals surface area contributed by atoms with Crippen LogP contribution < -0.4 is 5.32 Å². The maximum Gasteiger partial charge on any atom is 0.322 e. The van der Waals surface area contributed by atoms with E-state index in [1.807, 2.05) is 37.3 Å². The number of amides is 2. The molecule has 2 amide bonds. The molecule has 0 aliphatic heterocycles. The van der Waals surface area contributed by atoms with Gasteiger partial charge in [-0.2, -0.15) is 0 Å². The largest absolute Gasteiger partial charge is 0.472 e. The third kappa shape index (κ3) is 4.36. The van der Waals surface area contributed by atoms with Crippen molar-refractivity contribution in [2.75, 3.05) is 25.6 Å². The smallest absolute Gasteiger partial charge is 0.322 e. The standard InChI is InChI=1S/C16H20N2O3/c1-13-5-3-4-6-15(13)17-16(19)18(8-10-20-2)11-14-7-9-21-12-14/h3-7,9,12H,8,10-11H2,1-2H3,(H,17,19). The number of nitrogens with zero attached hydrogens (tertiary/aromatic N) is 1. The van der Waals surface area contributed by atoms with Crippen molar-refractivity contribution in [1.82, 2.24) is 4.90 Å². The zero-order valence-corrected chi connectivity index (χ0v) is 12.3. The van der Waals surface area contributed by atoms with Crippen LogP contribution in [-0.4, -0.2) is 31.2 Å². The number of benzene rings is 1. The van der Waals surface area contributed by atoms with E-state index in [2.05, 4.69) is 5.32 Å². The summed E-state index contributed by atoms with van der Waals surface area (Å²) in [5, 5.41) is 2.93. The number of urea groups is 1. The number of nitrogens with one attached hydrogen (secondary N) is 1. The highest BCUT2D eigenvalue weighted by Crippen LogP contribution is 2.15. The molecule has 112 valence electrons. The number of rotatable bonds is 6. The molecule has 0 aliphatic rings. The molecular formula is C16H20N2O3. The number of hydrogen-bond donors (Lipinski definition) is 1. The van der Waals surface area contributed by atoms with E-state index in [0.29, 0.717) is 19.7 Å². The zero-order chi connectivity index (χ0) is 15.1. The normalized spacial score (nSPS) is 10.4. The van der Waals surface area contributed by atoms with E-state index in [-0.39, 0.29) is 6.03 Å². The summed E-state index contributed by atoms with van der Waals surface area (Å²) >= 11 is 0. The van der Waals surface area contributed by atoms with Crippen LogP contribution in [0.5, 0.6) is 0 Å². The van der Waals surface area contributed by atoms with Gasteiger partial charge in [0.2, 0.25) is 0 Å². The fraction of sp³-hybridized carbons (Fsp3) is 0.312. The van der Waals surface area contributed by atoms with Crippen molar-refractivity contribution in [1.29, 1.82) is 0 Å². The molecule has 2 rings (SSSR count). The fourth-order valence-corrected chi connectivity index (χ4v) is 1.96. The first-order valence-electron chi connectivity index (χ1n) is 6.82. The molecule has 2 aromatic rings. The second kappa shape index (κ2) is 7.50. The van der Waals surface area contributed by atoms with Crippen molar-refractivity contribution in [3.63, 3.8) is 0 Å². The molecule has 5 heteroatoms. The average molecular weight is 288 g/mol. The molecule has 0 unspecified atom stereocenters. The van der Waals surface area contributed by atoms with Gasteiger partial charge in [-0.05, 0) is 24.6 Å². The lowest BCUT2D eigenvalue weighted by Gasteiger charge is -2.22. The van der Waals surface area contributed by atoms with E-state index in [1.165, 1.54) is 0 Å². The van der Waals surface area contributed by atoms with Gasteiger partial charge in [0.05, 0.1) is 25.7 Å². The minimum atomic E-state index is -0.150. The van der Waals surface area contributed by atoms with Crippen LogP contribution in [0.3, 0.4) is 0 Å². The molecule has 21 heavy (non-hydrogen) atoms. The molecule has 1 N–H and O–H groups in total. The van der Waals surface area contributed by atoms with Crippen LogP contribution in [0.15, 0.2) is 47.3 Å². The van der Waals surface area contributed by atoms with Gasteiger partial charge in [0.25, 0.3) is 0 Å². The first kappa shape index (κ1) is 15.1. The predicted molar refractivity (Wildman–Crippen MR) is 81.2 cm³/mol. The number of aryl methyl sites for hydroxylation is 1. The summed E-state index contributed by atoms with van der Waals surface area (Å²) in [4.78, 5) is 14.1. The van der Waals surface area contributed by atoms with Gasteiger partial charge in [-0.1, -0.05) is 18.2 Å². The van der Waals surface area contributed by atoms with Crippen molar-refractivity contribution in [2.24, 2.45) is 0 Å². The molecule has 0 bridgehead atoms. The maximum absolute atomic E-state index is 12.4. The van der Waals surface area contributed by atoms with Gasteiger partial charge >= 0.3 is 6.03 Å². The molecular weight excluding hydrogens is 268 g/mol. The molecule has 0 atom stereocenters. The molecule has 1 aromatic carbocycles. The zero-order valence-electron chi connectivity index (χ0n) is 12.3. The minimum Gasteiger partial charge on any atom is -0.472 e. The van der Waals surface area contributed by atoms with E-state index >= 15 is 0 Å². The number of methoxy groups -OCH3 is 1. The predicted octanol–water partition coefficient (Wildman–Crippen LogP) is 3.27. The molecule has 0 fully saturated rings. The Morgan fingerprint density at radius 2 is 2.14 bits per heavy atom. The quantitative estimate of drug-likeness (QED) is 0.887. The Morgan fingerprint density at radius 3 is 2.81 bits per heavy atom. The molecule has 0 radical (unpaired) electrons. The number of carbonyl (C=O) groups is 1. The Balaban J connectivity index is 2.05. The topological polar surface area (TPSA) is 54.7 Å². The fourth-order valence-electron chi connectivity index (χ4n) is 1.96. The third-order valence-electron chi connectivity index (χ3n) is 3.19.